The first-order valence-corrected chi connectivity index (χ1v) is 8.58. The molecule has 27 heavy (non-hydrogen) atoms. The number of rotatable bonds is 6. The number of aromatic nitrogens is 1. The van der Waals surface area contributed by atoms with Crippen molar-refractivity contribution in [2.45, 2.75) is 13.5 Å². The van der Waals surface area contributed by atoms with Crippen molar-refractivity contribution < 1.29 is 13.6 Å². The highest BCUT2D eigenvalue weighted by molar-refractivity contribution is 5.94. The summed E-state index contributed by atoms with van der Waals surface area (Å²) in [4.78, 5) is 18.5. The van der Waals surface area contributed by atoms with E-state index in [1.54, 1.807) is 11.0 Å². The van der Waals surface area contributed by atoms with Crippen LogP contribution in [-0.2, 0) is 6.54 Å². The molecule has 3 rings (SSSR count). The summed E-state index contributed by atoms with van der Waals surface area (Å²) in [6.45, 7) is 2.95. The SMILES string of the molecule is CCN(Cc1ccccc1)C(=O)c1ccc(Nc2c(F)cccc2F)nc1. The summed E-state index contributed by atoms with van der Waals surface area (Å²) in [7, 11) is 0. The number of amides is 1. The highest BCUT2D eigenvalue weighted by atomic mass is 19.1. The van der Waals surface area contributed by atoms with E-state index in [9.17, 15) is 13.6 Å². The minimum atomic E-state index is -0.711. The van der Waals surface area contributed by atoms with Crippen molar-refractivity contribution in [3.63, 3.8) is 0 Å². The van der Waals surface area contributed by atoms with E-state index in [0.717, 1.165) is 17.7 Å². The number of nitrogens with one attached hydrogen (secondary N) is 1. The van der Waals surface area contributed by atoms with Crippen LogP contribution in [0.1, 0.15) is 22.8 Å². The number of benzene rings is 2. The Hall–Kier alpha value is -3.28. The molecule has 4 nitrogen and oxygen atoms in total. The maximum Gasteiger partial charge on any atom is 0.255 e. The molecule has 0 aliphatic rings. The van der Waals surface area contributed by atoms with Crippen molar-refractivity contribution in [2.24, 2.45) is 0 Å². The third kappa shape index (κ3) is 4.47. The van der Waals surface area contributed by atoms with Crippen LogP contribution in [0.2, 0.25) is 0 Å². The van der Waals surface area contributed by atoms with Crippen LogP contribution in [0, 0.1) is 11.6 Å². The number of carbonyl (C=O) groups excluding carboxylic acids is 1. The summed E-state index contributed by atoms with van der Waals surface area (Å²) in [5.41, 5.74) is 1.17. The first-order valence-electron chi connectivity index (χ1n) is 8.58. The normalized spacial score (nSPS) is 10.5. The van der Waals surface area contributed by atoms with Crippen molar-refractivity contribution in [3.05, 3.63) is 89.6 Å². The average Bonchev–Trinajstić information content (AvgIpc) is 2.70. The van der Waals surface area contributed by atoms with E-state index in [0.29, 0.717) is 18.7 Å². The molecule has 0 spiro atoms. The number of hydrogen-bond donors (Lipinski definition) is 1. The Bertz CT molecular complexity index is 894. The van der Waals surface area contributed by atoms with Crippen LogP contribution in [0.3, 0.4) is 0 Å². The van der Waals surface area contributed by atoms with Crippen LogP contribution in [0.15, 0.2) is 66.9 Å². The van der Waals surface area contributed by atoms with E-state index in [2.05, 4.69) is 10.3 Å². The van der Waals surface area contributed by atoms with E-state index >= 15 is 0 Å². The van der Waals surface area contributed by atoms with Gasteiger partial charge in [-0.2, -0.15) is 0 Å². The second kappa shape index (κ2) is 8.40. The molecule has 2 aromatic carbocycles. The van der Waals surface area contributed by atoms with Gasteiger partial charge in [0.15, 0.2) is 0 Å². The molecular weight excluding hydrogens is 348 g/mol. The quantitative estimate of drug-likeness (QED) is 0.683. The van der Waals surface area contributed by atoms with Gasteiger partial charge in [-0.1, -0.05) is 36.4 Å². The third-order valence-electron chi connectivity index (χ3n) is 4.11. The molecule has 0 aliphatic carbocycles. The lowest BCUT2D eigenvalue weighted by atomic mass is 10.2. The number of carbonyl (C=O) groups is 1. The Morgan fingerprint density at radius 1 is 1.00 bits per heavy atom. The molecule has 0 aliphatic heterocycles. The van der Waals surface area contributed by atoms with E-state index in [-0.39, 0.29) is 17.4 Å². The molecule has 0 atom stereocenters. The number of halogens is 2. The van der Waals surface area contributed by atoms with Gasteiger partial charge in [0.25, 0.3) is 5.91 Å². The van der Waals surface area contributed by atoms with E-state index in [1.165, 1.54) is 18.3 Å². The van der Waals surface area contributed by atoms with Gasteiger partial charge in [0.2, 0.25) is 0 Å². The minimum absolute atomic E-state index is 0.155. The van der Waals surface area contributed by atoms with Gasteiger partial charge in [0.05, 0.1) is 5.56 Å². The molecule has 1 N–H and O–H groups in total. The lowest BCUT2D eigenvalue weighted by molar-refractivity contribution is 0.0752. The predicted octanol–water partition coefficient (Wildman–Crippen LogP) is 4.77. The molecular formula is C21H19F2N3O. The fraction of sp³-hybridized carbons (Fsp3) is 0.143. The van der Waals surface area contributed by atoms with Crippen LogP contribution >= 0.6 is 0 Å². The van der Waals surface area contributed by atoms with Gasteiger partial charge in [-0.15, -0.1) is 0 Å². The number of nitrogens with zero attached hydrogens (tertiary/aromatic N) is 2. The molecule has 1 heterocycles. The monoisotopic (exact) mass is 367 g/mol. The molecule has 138 valence electrons. The van der Waals surface area contributed by atoms with Crippen LogP contribution in [0.5, 0.6) is 0 Å². The van der Waals surface area contributed by atoms with Crippen LogP contribution < -0.4 is 5.32 Å². The molecule has 0 saturated heterocycles. The molecule has 0 radical (unpaired) electrons. The Labute approximate surface area is 156 Å². The highest BCUT2D eigenvalue weighted by Gasteiger charge is 2.15. The fourth-order valence-corrected chi connectivity index (χ4v) is 2.65. The maximum atomic E-state index is 13.7. The van der Waals surface area contributed by atoms with Crippen molar-refractivity contribution in [1.82, 2.24) is 9.88 Å². The molecule has 3 aromatic rings. The zero-order valence-electron chi connectivity index (χ0n) is 14.8. The summed E-state index contributed by atoms with van der Waals surface area (Å²) in [6, 6.07) is 16.4. The van der Waals surface area contributed by atoms with E-state index in [4.69, 9.17) is 0 Å². The van der Waals surface area contributed by atoms with Crippen molar-refractivity contribution in [1.29, 1.82) is 0 Å². The summed E-state index contributed by atoms with van der Waals surface area (Å²) in [5.74, 6) is -1.33. The zero-order valence-corrected chi connectivity index (χ0v) is 14.8. The van der Waals surface area contributed by atoms with Gasteiger partial charge in [-0.25, -0.2) is 13.8 Å². The number of para-hydroxylation sites is 1. The van der Waals surface area contributed by atoms with Crippen LogP contribution in [-0.4, -0.2) is 22.3 Å². The summed E-state index contributed by atoms with van der Waals surface area (Å²) >= 11 is 0. The lowest BCUT2D eigenvalue weighted by Crippen LogP contribution is -2.30. The van der Waals surface area contributed by atoms with Gasteiger partial charge < -0.3 is 10.2 Å². The van der Waals surface area contributed by atoms with Gasteiger partial charge >= 0.3 is 0 Å². The standard InChI is InChI=1S/C21H19F2N3O/c1-2-26(14-15-7-4-3-5-8-15)21(27)16-11-12-19(24-13-16)25-20-17(22)9-6-10-18(20)23/h3-13H,2,14H2,1H3,(H,24,25). The Kier molecular flexibility index (Phi) is 5.76. The van der Waals surface area contributed by atoms with E-state index in [1.807, 2.05) is 37.3 Å². The topological polar surface area (TPSA) is 45.2 Å². The Balaban J connectivity index is 1.73. The summed E-state index contributed by atoms with van der Waals surface area (Å²) < 4.78 is 27.4. The van der Waals surface area contributed by atoms with Gasteiger partial charge in [-0.3, -0.25) is 4.79 Å². The smallest absolute Gasteiger partial charge is 0.255 e. The van der Waals surface area contributed by atoms with Gasteiger partial charge in [-0.05, 0) is 36.8 Å². The summed E-state index contributed by atoms with van der Waals surface area (Å²) in [6.07, 6.45) is 1.40. The predicted molar refractivity (Wildman–Crippen MR) is 101 cm³/mol. The van der Waals surface area contributed by atoms with Crippen molar-refractivity contribution in [2.75, 3.05) is 11.9 Å². The highest BCUT2D eigenvalue weighted by Crippen LogP contribution is 2.22. The molecule has 1 aromatic heterocycles. The Morgan fingerprint density at radius 3 is 2.30 bits per heavy atom. The maximum absolute atomic E-state index is 13.7. The zero-order chi connectivity index (χ0) is 19.2. The molecule has 0 fully saturated rings. The van der Waals surface area contributed by atoms with Crippen LogP contribution in [0.25, 0.3) is 0 Å². The largest absolute Gasteiger partial charge is 0.335 e. The van der Waals surface area contributed by atoms with Crippen molar-refractivity contribution >= 4 is 17.4 Å². The Morgan fingerprint density at radius 2 is 1.70 bits per heavy atom. The number of hydrogen-bond acceptors (Lipinski definition) is 3. The number of anilines is 2. The fourth-order valence-electron chi connectivity index (χ4n) is 2.65. The van der Waals surface area contributed by atoms with Gasteiger partial charge in [0, 0.05) is 19.3 Å². The van der Waals surface area contributed by atoms with Gasteiger partial charge in [0.1, 0.15) is 23.1 Å². The molecule has 0 unspecified atom stereocenters. The lowest BCUT2D eigenvalue weighted by Gasteiger charge is -2.21. The molecule has 6 heteroatoms. The second-order valence-electron chi connectivity index (χ2n) is 5.96. The first-order chi connectivity index (χ1) is 13.1. The van der Waals surface area contributed by atoms with Crippen LogP contribution in [0.4, 0.5) is 20.3 Å². The first kappa shape index (κ1) is 18.5. The average molecular weight is 367 g/mol. The molecule has 0 bridgehead atoms. The number of pyridine rings is 1. The third-order valence-corrected chi connectivity index (χ3v) is 4.11. The molecule has 1 amide bonds. The minimum Gasteiger partial charge on any atom is -0.335 e. The van der Waals surface area contributed by atoms with Crippen molar-refractivity contribution in [3.8, 4) is 0 Å². The molecule has 0 saturated carbocycles. The second-order valence-corrected chi connectivity index (χ2v) is 5.96. The van der Waals surface area contributed by atoms with E-state index < -0.39 is 11.6 Å². The summed E-state index contributed by atoms with van der Waals surface area (Å²) in [5, 5.41) is 2.60.